The second-order valence-corrected chi connectivity index (χ2v) is 6.74. The van der Waals surface area contributed by atoms with Crippen molar-refractivity contribution in [3.8, 4) is 11.5 Å². The van der Waals surface area contributed by atoms with E-state index in [9.17, 15) is 0 Å². The Balaban J connectivity index is 1.42. The minimum absolute atomic E-state index is 0.363. The Kier molecular flexibility index (Phi) is 4.31. The molecule has 1 N–H and O–H groups in total. The van der Waals surface area contributed by atoms with Gasteiger partial charge in [-0.1, -0.05) is 22.9 Å². The van der Waals surface area contributed by atoms with Gasteiger partial charge in [0, 0.05) is 18.0 Å². The zero-order chi connectivity index (χ0) is 17.2. The molecule has 1 saturated heterocycles. The molecule has 2 aromatic heterocycles. The van der Waals surface area contributed by atoms with Gasteiger partial charge >= 0.3 is 0 Å². The molecule has 3 aromatic rings. The van der Waals surface area contributed by atoms with Gasteiger partial charge in [-0.05, 0) is 45.4 Å². The molecule has 1 aliphatic heterocycles. The maximum Gasteiger partial charge on any atom is 0.257 e. The molecule has 1 aromatic carbocycles. The van der Waals surface area contributed by atoms with Gasteiger partial charge in [-0.3, -0.25) is 10.00 Å². The summed E-state index contributed by atoms with van der Waals surface area (Å²) in [4.78, 5) is 11.4. The van der Waals surface area contributed by atoms with Gasteiger partial charge in [0.05, 0.1) is 6.54 Å². The first-order valence-corrected chi connectivity index (χ1v) is 8.68. The van der Waals surface area contributed by atoms with Gasteiger partial charge < -0.3 is 4.52 Å². The minimum atomic E-state index is 0.363. The second kappa shape index (κ2) is 6.76. The zero-order valence-electron chi connectivity index (χ0n) is 14.6. The van der Waals surface area contributed by atoms with Crippen LogP contribution in [-0.2, 0) is 6.54 Å². The quantitative estimate of drug-likeness (QED) is 0.787. The molecule has 130 valence electrons. The van der Waals surface area contributed by atoms with E-state index in [0.717, 1.165) is 49.0 Å². The van der Waals surface area contributed by atoms with Crippen LogP contribution in [0.1, 0.15) is 41.8 Å². The van der Waals surface area contributed by atoms with E-state index >= 15 is 0 Å². The van der Waals surface area contributed by atoms with Crippen molar-refractivity contribution in [3.05, 3.63) is 47.3 Å². The number of aryl methyl sites for hydroxylation is 2. The number of H-pyrrole nitrogens is 1. The number of piperidine rings is 1. The number of rotatable bonds is 4. The molecule has 0 saturated carbocycles. The lowest BCUT2D eigenvalue weighted by Crippen LogP contribution is -2.34. The fourth-order valence-corrected chi connectivity index (χ4v) is 3.28. The van der Waals surface area contributed by atoms with Crippen LogP contribution in [-0.4, -0.2) is 43.3 Å². The molecule has 7 heteroatoms. The minimum Gasteiger partial charge on any atom is -0.334 e. The summed E-state index contributed by atoms with van der Waals surface area (Å²) in [5.41, 5.74) is 2.17. The van der Waals surface area contributed by atoms with Crippen LogP contribution in [0.3, 0.4) is 0 Å². The summed E-state index contributed by atoms with van der Waals surface area (Å²) in [6.07, 6.45) is 2.25. The average Bonchev–Trinajstić information content (AvgIpc) is 3.25. The van der Waals surface area contributed by atoms with Crippen LogP contribution in [0.4, 0.5) is 0 Å². The summed E-state index contributed by atoms with van der Waals surface area (Å²) >= 11 is 0. The molecule has 1 aliphatic rings. The van der Waals surface area contributed by atoms with Crippen molar-refractivity contribution >= 4 is 0 Å². The number of aromatic amines is 1. The Bertz CT molecular complexity index is 837. The molecule has 0 radical (unpaired) electrons. The van der Waals surface area contributed by atoms with E-state index in [2.05, 4.69) is 37.1 Å². The summed E-state index contributed by atoms with van der Waals surface area (Å²) in [7, 11) is 0. The summed E-state index contributed by atoms with van der Waals surface area (Å²) in [5.74, 6) is 3.45. The molecule has 4 rings (SSSR count). The first-order valence-electron chi connectivity index (χ1n) is 8.68. The molecule has 0 amide bonds. The average molecular weight is 338 g/mol. The monoisotopic (exact) mass is 338 g/mol. The molecule has 1 atom stereocenters. The number of likely N-dealkylation sites (tertiary alicyclic amines) is 1. The number of aromatic nitrogens is 5. The van der Waals surface area contributed by atoms with E-state index in [1.165, 1.54) is 5.56 Å². The smallest absolute Gasteiger partial charge is 0.257 e. The Morgan fingerprint density at radius 3 is 2.80 bits per heavy atom. The normalized spacial score (nSPS) is 18.6. The van der Waals surface area contributed by atoms with Gasteiger partial charge in [0.2, 0.25) is 0 Å². The zero-order valence-corrected chi connectivity index (χ0v) is 14.6. The van der Waals surface area contributed by atoms with E-state index in [4.69, 9.17) is 4.52 Å². The summed E-state index contributed by atoms with van der Waals surface area (Å²) in [6, 6.07) is 8.12. The Hall–Kier alpha value is -2.54. The van der Waals surface area contributed by atoms with Crippen LogP contribution in [0.2, 0.25) is 0 Å². The molecule has 0 aliphatic carbocycles. The number of nitrogens with zero attached hydrogens (tertiary/aromatic N) is 5. The van der Waals surface area contributed by atoms with E-state index in [0.29, 0.717) is 18.4 Å². The lowest BCUT2D eigenvalue weighted by atomic mass is 9.97. The molecular weight excluding hydrogens is 316 g/mol. The van der Waals surface area contributed by atoms with Crippen molar-refractivity contribution in [2.45, 2.75) is 39.2 Å². The number of benzene rings is 1. The van der Waals surface area contributed by atoms with E-state index in [-0.39, 0.29) is 0 Å². The highest BCUT2D eigenvalue weighted by atomic mass is 16.5. The van der Waals surface area contributed by atoms with Crippen molar-refractivity contribution in [1.29, 1.82) is 0 Å². The largest absolute Gasteiger partial charge is 0.334 e. The van der Waals surface area contributed by atoms with Crippen LogP contribution in [0.15, 0.2) is 28.8 Å². The Labute approximate surface area is 146 Å². The number of hydrogen-bond donors (Lipinski definition) is 1. The van der Waals surface area contributed by atoms with Gasteiger partial charge in [-0.2, -0.15) is 10.1 Å². The fourth-order valence-electron chi connectivity index (χ4n) is 3.28. The molecule has 0 unspecified atom stereocenters. The highest BCUT2D eigenvalue weighted by Gasteiger charge is 2.25. The van der Waals surface area contributed by atoms with Crippen molar-refractivity contribution < 1.29 is 4.52 Å². The summed E-state index contributed by atoms with van der Waals surface area (Å²) in [5, 5.41) is 11.4. The van der Waals surface area contributed by atoms with Crippen LogP contribution >= 0.6 is 0 Å². The third-order valence-electron chi connectivity index (χ3n) is 4.62. The van der Waals surface area contributed by atoms with Gasteiger partial charge in [0.15, 0.2) is 11.6 Å². The maximum atomic E-state index is 5.43. The Morgan fingerprint density at radius 1 is 1.20 bits per heavy atom. The predicted molar refractivity (Wildman–Crippen MR) is 92.8 cm³/mol. The molecule has 0 bridgehead atoms. The standard InChI is InChI=1S/C18H22N6O/c1-12-5-7-14(8-6-12)18-20-16(23-25-18)11-24-9-3-4-15(10-24)17-19-13(2)21-22-17/h5-8,15H,3-4,9-11H2,1-2H3,(H,19,21,22)/t15-/m1/s1. The van der Waals surface area contributed by atoms with Crippen molar-refractivity contribution in [1.82, 2.24) is 30.2 Å². The van der Waals surface area contributed by atoms with E-state index < -0.39 is 0 Å². The third kappa shape index (κ3) is 3.61. The molecular formula is C18H22N6O. The number of nitrogens with one attached hydrogen (secondary N) is 1. The van der Waals surface area contributed by atoms with Crippen molar-refractivity contribution in [2.75, 3.05) is 13.1 Å². The lowest BCUT2D eigenvalue weighted by Gasteiger charge is -2.30. The maximum absolute atomic E-state index is 5.43. The summed E-state index contributed by atoms with van der Waals surface area (Å²) in [6.45, 7) is 6.64. The predicted octanol–water partition coefficient (Wildman–Crippen LogP) is 2.85. The van der Waals surface area contributed by atoms with Gasteiger partial charge in [-0.15, -0.1) is 0 Å². The number of hydrogen-bond acceptors (Lipinski definition) is 6. The van der Waals surface area contributed by atoms with Crippen LogP contribution < -0.4 is 0 Å². The second-order valence-electron chi connectivity index (χ2n) is 6.74. The molecule has 3 heterocycles. The first-order chi connectivity index (χ1) is 12.2. The van der Waals surface area contributed by atoms with E-state index in [1.54, 1.807) is 0 Å². The topological polar surface area (TPSA) is 83.7 Å². The molecule has 0 spiro atoms. The summed E-state index contributed by atoms with van der Waals surface area (Å²) < 4.78 is 5.43. The Morgan fingerprint density at radius 2 is 2.04 bits per heavy atom. The highest BCUT2D eigenvalue weighted by Crippen LogP contribution is 2.25. The van der Waals surface area contributed by atoms with Crippen LogP contribution in [0.25, 0.3) is 11.5 Å². The van der Waals surface area contributed by atoms with Gasteiger partial charge in [0.1, 0.15) is 5.82 Å². The third-order valence-corrected chi connectivity index (χ3v) is 4.62. The van der Waals surface area contributed by atoms with Gasteiger partial charge in [-0.25, -0.2) is 4.98 Å². The highest BCUT2D eigenvalue weighted by molar-refractivity contribution is 5.53. The van der Waals surface area contributed by atoms with Gasteiger partial charge in [0.25, 0.3) is 5.89 Å². The van der Waals surface area contributed by atoms with Crippen molar-refractivity contribution in [2.24, 2.45) is 0 Å². The fraction of sp³-hybridized carbons (Fsp3) is 0.444. The first kappa shape index (κ1) is 16.0. The molecule has 1 fully saturated rings. The SMILES string of the molecule is Cc1ccc(-c2nc(CN3CCC[C@@H](c4n[nH]c(C)n4)C3)no2)cc1. The van der Waals surface area contributed by atoms with E-state index in [1.807, 2.05) is 31.2 Å². The lowest BCUT2D eigenvalue weighted by molar-refractivity contribution is 0.190. The van der Waals surface area contributed by atoms with Crippen molar-refractivity contribution in [3.63, 3.8) is 0 Å². The van der Waals surface area contributed by atoms with Crippen LogP contribution in [0.5, 0.6) is 0 Å². The molecule has 7 nitrogen and oxygen atoms in total. The van der Waals surface area contributed by atoms with Crippen LogP contribution in [0, 0.1) is 13.8 Å². The molecule has 25 heavy (non-hydrogen) atoms.